The van der Waals surface area contributed by atoms with E-state index in [0.717, 1.165) is 28.6 Å². The molecule has 0 atom stereocenters. The van der Waals surface area contributed by atoms with Crippen molar-refractivity contribution in [1.82, 2.24) is 4.98 Å². The maximum atomic E-state index is 5.63. The molecule has 0 fully saturated rings. The van der Waals surface area contributed by atoms with Gasteiger partial charge in [-0.2, -0.15) is 0 Å². The van der Waals surface area contributed by atoms with Gasteiger partial charge in [-0.05, 0) is 37.2 Å². The fraction of sp³-hybridized carbons (Fsp3) is 0.250. The van der Waals surface area contributed by atoms with Gasteiger partial charge >= 0.3 is 0 Å². The molecule has 3 nitrogen and oxygen atoms in total. The number of rotatable bonds is 4. The smallest absolute Gasteiger partial charge is 0.226 e. The SMILES string of the molecule is NCCCc1cnc(-c2ccc(Br)cc2)o1. The Balaban J connectivity index is 2.15. The first-order valence-electron chi connectivity index (χ1n) is 5.20. The second kappa shape index (κ2) is 5.27. The van der Waals surface area contributed by atoms with Crippen LogP contribution >= 0.6 is 15.9 Å². The van der Waals surface area contributed by atoms with Gasteiger partial charge in [0.25, 0.3) is 0 Å². The van der Waals surface area contributed by atoms with Crippen LogP contribution in [-0.2, 0) is 6.42 Å². The molecule has 0 amide bonds. The summed E-state index contributed by atoms with van der Waals surface area (Å²) in [5.74, 6) is 1.56. The van der Waals surface area contributed by atoms with E-state index < -0.39 is 0 Å². The molecule has 0 saturated carbocycles. The average Bonchev–Trinajstić information content (AvgIpc) is 2.76. The summed E-state index contributed by atoms with van der Waals surface area (Å²) in [6.07, 6.45) is 3.54. The number of oxazole rings is 1. The highest BCUT2D eigenvalue weighted by Crippen LogP contribution is 2.21. The van der Waals surface area contributed by atoms with Crippen molar-refractivity contribution in [2.75, 3.05) is 6.54 Å². The topological polar surface area (TPSA) is 52.0 Å². The van der Waals surface area contributed by atoms with E-state index in [1.807, 2.05) is 24.3 Å². The monoisotopic (exact) mass is 280 g/mol. The predicted octanol–water partition coefficient (Wildman–Crippen LogP) is 3.00. The zero-order valence-electron chi connectivity index (χ0n) is 8.82. The molecule has 0 aliphatic heterocycles. The van der Waals surface area contributed by atoms with Crippen LogP contribution in [0.15, 0.2) is 39.4 Å². The van der Waals surface area contributed by atoms with E-state index in [1.54, 1.807) is 6.20 Å². The van der Waals surface area contributed by atoms with E-state index in [9.17, 15) is 0 Å². The summed E-state index contributed by atoms with van der Waals surface area (Å²) in [4.78, 5) is 4.25. The Morgan fingerprint density at radius 2 is 2.00 bits per heavy atom. The Morgan fingerprint density at radius 1 is 1.25 bits per heavy atom. The molecule has 0 bridgehead atoms. The van der Waals surface area contributed by atoms with Crippen LogP contribution < -0.4 is 5.73 Å². The molecule has 0 unspecified atom stereocenters. The number of hydrogen-bond acceptors (Lipinski definition) is 3. The van der Waals surface area contributed by atoms with E-state index in [1.165, 1.54) is 0 Å². The minimum atomic E-state index is 0.666. The molecule has 2 aromatic rings. The first kappa shape index (κ1) is 11.4. The van der Waals surface area contributed by atoms with E-state index in [4.69, 9.17) is 10.2 Å². The molecule has 1 heterocycles. The summed E-state index contributed by atoms with van der Waals surface area (Å²) in [6.45, 7) is 0.675. The van der Waals surface area contributed by atoms with Crippen molar-refractivity contribution in [3.8, 4) is 11.5 Å². The lowest BCUT2D eigenvalue weighted by Crippen LogP contribution is -1.99. The minimum absolute atomic E-state index is 0.666. The third-order valence-electron chi connectivity index (χ3n) is 2.27. The maximum Gasteiger partial charge on any atom is 0.226 e. The highest BCUT2D eigenvalue weighted by molar-refractivity contribution is 9.10. The number of aryl methyl sites for hydroxylation is 1. The first-order valence-corrected chi connectivity index (χ1v) is 5.99. The largest absolute Gasteiger partial charge is 0.441 e. The summed E-state index contributed by atoms with van der Waals surface area (Å²) in [5.41, 5.74) is 6.43. The third-order valence-corrected chi connectivity index (χ3v) is 2.80. The van der Waals surface area contributed by atoms with E-state index in [2.05, 4.69) is 20.9 Å². The molecule has 0 radical (unpaired) electrons. The molecule has 1 aromatic heterocycles. The summed E-state index contributed by atoms with van der Waals surface area (Å²) < 4.78 is 6.68. The average molecular weight is 281 g/mol. The zero-order valence-corrected chi connectivity index (χ0v) is 10.4. The lowest BCUT2D eigenvalue weighted by atomic mass is 10.2. The third kappa shape index (κ3) is 2.71. The minimum Gasteiger partial charge on any atom is -0.441 e. The molecule has 4 heteroatoms. The van der Waals surface area contributed by atoms with E-state index in [0.29, 0.717) is 12.4 Å². The molecule has 2 N–H and O–H groups in total. The van der Waals surface area contributed by atoms with Gasteiger partial charge in [0.15, 0.2) is 0 Å². The fourth-order valence-electron chi connectivity index (χ4n) is 1.43. The number of halogens is 1. The van der Waals surface area contributed by atoms with Crippen LogP contribution in [0.2, 0.25) is 0 Å². The molecule has 0 aliphatic carbocycles. The van der Waals surface area contributed by atoms with Gasteiger partial charge in [0.05, 0.1) is 6.20 Å². The van der Waals surface area contributed by atoms with Crippen LogP contribution in [0.4, 0.5) is 0 Å². The van der Waals surface area contributed by atoms with Crippen molar-refractivity contribution in [3.05, 3.63) is 40.7 Å². The van der Waals surface area contributed by atoms with Crippen LogP contribution in [0.25, 0.3) is 11.5 Å². The molecule has 16 heavy (non-hydrogen) atoms. The van der Waals surface area contributed by atoms with Gasteiger partial charge in [-0.25, -0.2) is 4.98 Å². The number of nitrogens with zero attached hydrogens (tertiary/aromatic N) is 1. The van der Waals surface area contributed by atoms with Crippen LogP contribution in [-0.4, -0.2) is 11.5 Å². The number of aromatic nitrogens is 1. The van der Waals surface area contributed by atoms with Crippen LogP contribution in [0.5, 0.6) is 0 Å². The van der Waals surface area contributed by atoms with Gasteiger partial charge in [0.1, 0.15) is 5.76 Å². The van der Waals surface area contributed by atoms with Crippen molar-refractivity contribution >= 4 is 15.9 Å². The van der Waals surface area contributed by atoms with Crippen molar-refractivity contribution in [2.24, 2.45) is 5.73 Å². The second-order valence-electron chi connectivity index (χ2n) is 3.53. The van der Waals surface area contributed by atoms with Crippen molar-refractivity contribution in [1.29, 1.82) is 0 Å². The van der Waals surface area contributed by atoms with Crippen molar-refractivity contribution in [3.63, 3.8) is 0 Å². The van der Waals surface area contributed by atoms with Gasteiger partial charge in [-0.1, -0.05) is 15.9 Å². The number of nitrogens with two attached hydrogens (primary N) is 1. The van der Waals surface area contributed by atoms with E-state index in [-0.39, 0.29) is 0 Å². The Bertz CT molecular complexity index is 450. The Labute approximate surface area is 103 Å². The van der Waals surface area contributed by atoms with Crippen molar-refractivity contribution in [2.45, 2.75) is 12.8 Å². The standard InChI is InChI=1S/C12H13BrN2O/c13-10-5-3-9(4-6-10)12-15-8-11(16-12)2-1-7-14/h3-6,8H,1-2,7,14H2. The van der Waals surface area contributed by atoms with Gasteiger partial charge in [-0.15, -0.1) is 0 Å². The van der Waals surface area contributed by atoms with Gasteiger partial charge in [0.2, 0.25) is 5.89 Å². The molecular formula is C12H13BrN2O. The lowest BCUT2D eigenvalue weighted by molar-refractivity contribution is 0.511. The summed E-state index contributed by atoms with van der Waals surface area (Å²) in [7, 11) is 0. The molecule has 1 aromatic carbocycles. The molecular weight excluding hydrogens is 268 g/mol. The normalized spacial score (nSPS) is 10.6. The summed E-state index contributed by atoms with van der Waals surface area (Å²) >= 11 is 3.39. The van der Waals surface area contributed by atoms with Crippen LogP contribution in [0.1, 0.15) is 12.2 Å². The Kier molecular flexibility index (Phi) is 3.74. The van der Waals surface area contributed by atoms with Crippen LogP contribution in [0.3, 0.4) is 0 Å². The first-order chi connectivity index (χ1) is 7.79. The quantitative estimate of drug-likeness (QED) is 0.937. The maximum absolute atomic E-state index is 5.63. The van der Waals surface area contributed by atoms with Gasteiger partial charge < -0.3 is 10.2 Å². The molecule has 0 saturated heterocycles. The molecule has 2 rings (SSSR count). The molecule has 84 valence electrons. The van der Waals surface area contributed by atoms with Gasteiger partial charge in [-0.3, -0.25) is 0 Å². The number of benzene rings is 1. The molecule has 0 spiro atoms. The molecule has 0 aliphatic rings. The Hall–Kier alpha value is -1.13. The van der Waals surface area contributed by atoms with Crippen molar-refractivity contribution < 1.29 is 4.42 Å². The summed E-state index contributed by atoms with van der Waals surface area (Å²) in [5, 5.41) is 0. The summed E-state index contributed by atoms with van der Waals surface area (Å²) in [6, 6.07) is 7.89. The zero-order chi connectivity index (χ0) is 11.4. The predicted molar refractivity (Wildman–Crippen MR) is 67.0 cm³/mol. The second-order valence-corrected chi connectivity index (χ2v) is 4.45. The van der Waals surface area contributed by atoms with Crippen LogP contribution in [0, 0.1) is 0 Å². The lowest BCUT2D eigenvalue weighted by Gasteiger charge is -1.96. The highest BCUT2D eigenvalue weighted by atomic mass is 79.9. The fourth-order valence-corrected chi connectivity index (χ4v) is 1.69. The highest BCUT2D eigenvalue weighted by Gasteiger charge is 2.05. The Morgan fingerprint density at radius 3 is 2.69 bits per heavy atom. The van der Waals surface area contributed by atoms with E-state index >= 15 is 0 Å². The van der Waals surface area contributed by atoms with Gasteiger partial charge in [0, 0.05) is 16.5 Å². The number of hydrogen-bond donors (Lipinski definition) is 1.